The van der Waals surface area contributed by atoms with E-state index in [-0.39, 0.29) is 0 Å². The van der Waals surface area contributed by atoms with Crippen LogP contribution in [-0.4, -0.2) is 8.75 Å². The van der Waals surface area contributed by atoms with Crippen LogP contribution in [0.4, 0.5) is 11.4 Å². The Balaban J connectivity index is 1.38. The van der Waals surface area contributed by atoms with Gasteiger partial charge in [0.1, 0.15) is 11.0 Å². The minimum Gasteiger partial charge on any atom is -0.356 e. The summed E-state index contributed by atoms with van der Waals surface area (Å²) in [5.74, 6) is 0. The molecule has 0 amide bonds. The molecule has 0 radical (unpaired) electrons. The summed E-state index contributed by atoms with van der Waals surface area (Å²) in [5.41, 5.74) is 9.95. The number of rotatable bonds is 7. The molecule has 0 fully saturated rings. The molecule has 33 heavy (non-hydrogen) atoms. The van der Waals surface area contributed by atoms with Gasteiger partial charge in [-0.25, -0.2) is 0 Å². The lowest BCUT2D eigenvalue weighted by molar-refractivity contribution is 0.795. The van der Waals surface area contributed by atoms with Crippen molar-refractivity contribution in [3.05, 3.63) is 95.0 Å². The number of unbranched alkanes of at least 4 members (excludes halogenated alkanes) is 1. The first-order valence-electron chi connectivity index (χ1n) is 11.2. The minimum absolute atomic E-state index is 0.948. The summed E-state index contributed by atoms with van der Waals surface area (Å²) in [7, 11) is 0. The molecular formula is C28H24BrN3S. The maximum atomic E-state index is 4.62. The number of hydrogen-bond acceptors (Lipinski definition) is 4. The van der Waals surface area contributed by atoms with E-state index in [0.29, 0.717) is 0 Å². The highest BCUT2D eigenvalue weighted by Crippen LogP contribution is 2.35. The molecule has 0 aliphatic carbocycles. The Hall–Kier alpha value is -3.02. The standard InChI is InChI=1S/C28H24BrN3S/c1-2-3-4-19-5-13-23(14-6-19)30-24-15-9-21(10-16-24)26-18-17-25(27-28(26)32-33-31-27)20-7-11-22(29)12-8-20/h5-18,30H,2-4H2,1H3. The van der Waals surface area contributed by atoms with Crippen molar-refractivity contribution >= 4 is 50.1 Å². The van der Waals surface area contributed by atoms with Crippen molar-refractivity contribution in [1.29, 1.82) is 0 Å². The summed E-state index contributed by atoms with van der Waals surface area (Å²) in [4.78, 5) is 0. The number of halogens is 1. The largest absolute Gasteiger partial charge is 0.356 e. The lowest BCUT2D eigenvalue weighted by Crippen LogP contribution is -1.92. The van der Waals surface area contributed by atoms with Crippen molar-refractivity contribution in [2.24, 2.45) is 0 Å². The summed E-state index contributed by atoms with van der Waals surface area (Å²) >= 11 is 4.77. The van der Waals surface area contributed by atoms with Crippen LogP contribution in [0.15, 0.2) is 89.4 Å². The van der Waals surface area contributed by atoms with Crippen molar-refractivity contribution in [1.82, 2.24) is 8.75 Å². The fourth-order valence-electron chi connectivity index (χ4n) is 4.00. The second-order valence-electron chi connectivity index (χ2n) is 8.13. The lowest BCUT2D eigenvalue weighted by atomic mass is 9.98. The molecule has 0 bridgehead atoms. The zero-order chi connectivity index (χ0) is 22.6. The number of benzene rings is 4. The number of fused-ring (bicyclic) bond motifs is 1. The Morgan fingerprint density at radius 2 is 1.21 bits per heavy atom. The van der Waals surface area contributed by atoms with Crippen molar-refractivity contribution < 1.29 is 0 Å². The molecule has 0 unspecified atom stereocenters. The van der Waals surface area contributed by atoms with Gasteiger partial charge in [0.05, 0.1) is 11.7 Å². The molecule has 1 N–H and O–H groups in total. The van der Waals surface area contributed by atoms with Gasteiger partial charge >= 0.3 is 0 Å². The molecule has 1 aromatic heterocycles. The molecule has 0 spiro atoms. The maximum Gasteiger partial charge on any atom is 0.113 e. The first-order valence-corrected chi connectivity index (χ1v) is 12.7. The van der Waals surface area contributed by atoms with E-state index in [1.54, 1.807) is 0 Å². The van der Waals surface area contributed by atoms with Crippen LogP contribution >= 0.6 is 27.7 Å². The molecule has 0 saturated heterocycles. The van der Waals surface area contributed by atoms with E-state index in [9.17, 15) is 0 Å². The van der Waals surface area contributed by atoms with Crippen molar-refractivity contribution in [3.63, 3.8) is 0 Å². The SMILES string of the molecule is CCCCc1ccc(Nc2ccc(-c3ccc(-c4ccc(Br)cc4)c4nsnc34)cc2)cc1. The van der Waals surface area contributed by atoms with Gasteiger partial charge in [-0.05, 0) is 65.9 Å². The first-order chi connectivity index (χ1) is 16.2. The highest BCUT2D eigenvalue weighted by Gasteiger charge is 2.13. The quantitative estimate of drug-likeness (QED) is 0.236. The van der Waals surface area contributed by atoms with E-state index in [4.69, 9.17) is 0 Å². The molecule has 0 saturated carbocycles. The third kappa shape index (κ3) is 4.85. The van der Waals surface area contributed by atoms with Crippen LogP contribution in [0, 0.1) is 0 Å². The summed E-state index contributed by atoms with van der Waals surface area (Å²) in [6, 6.07) is 29.9. The van der Waals surface area contributed by atoms with E-state index >= 15 is 0 Å². The molecule has 3 nitrogen and oxygen atoms in total. The fourth-order valence-corrected chi connectivity index (χ4v) is 4.84. The number of aryl methyl sites for hydroxylation is 1. The Morgan fingerprint density at radius 3 is 1.76 bits per heavy atom. The van der Waals surface area contributed by atoms with Crippen LogP contribution < -0.4 is 5.32 Å². The average Bonchev–Trinajstić information content (AvgIpc) is 3.34. The van der Waals surface area contributed by atoms with Crippen LogP contribution in [-0.2, 0) is 6.42 Å². The zero-order valence-corrected chi connectivity index (χ0v) is 20.8. The maximum absolute atomic E-state index is 4.62. The second kappa shape index (κ2) is 9.86. The third-order valence-corrected chi connectivity index (χ3v) is 6.89. The van der Waals surface area contributed by atoms with Crippen LogP contribution in [0.3, 0.4) is 0 Å². The van der Waals surface area contributed by atoms with Gasteiger partial charge < -0.3 is 5.32 Å². The molecule has 1 heterocycles. The van der Waals surface area contributed by atoms with Crippen LogP contribution in [0.25, 0.3) is 33.3 Å². The summed E-state index contributed by atoms with van der Waals surface area (Å²) in [5, 5.41) is 3.50. The number of nitrogens with one attached hydrogen (secondary N) is 1. The highest BCUT2D eigenvalue weighted by molar-refractivity contribution is 9.10. The summed E-state index contributed by atoms with van der Waals surface area (Å²) in [6.07, 6.45) is 3.61. The molecule has 5 heteroatoms. The van der Waals surface area contributed by atoms with E-state index in [1.165, 1.54) is 30.1 Å². The molecule has 0 aliphatic heterocycles. The molecule has 4 aromatic carbocycles. The number of hydrogen-bond donors (Lipinski definition) is 1. The Labute approximate surface area is 207 Å². The van der Waals surface area contributed by atoms with Gasteiger partial charge in [-0.15, -0.1) is 0 Å². The topological polar surface area (TPSA) is 37.8 Å². The van der Waals surface area contributed by atoms with E-state index in [0.717, 1.165) is 55.6 Å². The number of aromatic nitrogens is 2. The molecule has 0 aliphatic rings. The smallest absolute Gasteiger partial charge is 0.113 e. The average molecular weight is 514 g/mol. The van der Waals surface area contributed by atoms with Crippen molar-refractivity contribution in [2.75, 3.05) is 5.32 Å². The van der Waals surface area contributed by atoms with Gasteiger partial charge in [0.2, 0.25) is 0 Å². The predicted octanol–water partition coefficient (Wildman–Crippen LogP) is 8.87. The minimum atomic E-state index is 0.948. The van der Waals surface area contributed by atoms with Crippen LogP contribution in [0.5, 0.6) is 0 Å². The fraction of sp³-hybridized carbons (Fsp3) is 0.143. The van der Waals surface area contributed by atoms with Crippen LogP contribution in [0.2, 0.25) is 0 Å². The summed E-state index contributed by atoms with van der Waals surface area (Å²) in [6.45, 7) is 2.23. The predicted molar refractivity (Wildman–Crippen MR) is 144 cm³/mol. The normalized spacial score (nSPS) is 11.1. The van der Waals surface area contributed by atoms with Crippen molar-refractivity contribution in [3.8, 4) is 22.3 Å². The number of anilines is 2. The molecule has 0 atom stereocenters. The van der Waals surface area contributed by atoms with Gasteiger partial charge in [0.25, 0.3) is 0 Å². The van der Waals surface area contributed by atoms with Gasteiger partial charge in [-0.3, -0.25) is 0 Å². The first kappa shape index (κ1) is 21.8. The molecule has 5 aromatic rings. The molecule has 5 rings (SSSR count). The van der Waals surface area contributed by atoms with Crippen molar-refractivity contribution in [2.45, 2.75) is 26.2 Å². The summed E-state index contributed by atoms with van der Waals surface area (Å²) < 4.78 is 10.3. The van der Waals surface area contributed by atoms with E-state index in [2.05, 4.69) is 122 Å². The zero-order valence-electron chi connectivity index (χ0n) is 18.4. The lowest BCUT2D eigenvalue weighted by Gasteiger charge is -2.10. The Bertz CT molecular complexity index is 1360. The van der Waals surface area contributed by atoms with Gasteiger partial charge in [-0.2, -0.15) is 8.75 Å². The van der Waals surface area contributed by atoms with Gasteiger partial charge in [-0.1, -0.05) is 77.8 Å². The number of nitrogens with zero attached hydrogens (tertiary/aromatic N) is 2. The second-order valence-corrected chi connectivity index (χ2v) is 9.58. The van der Waals surface area contributed by atoms with E-state index < -0.39 is 0 Å². The van der Waals surface area contributed by atoms with Crippen LogP contribution in [0.1, 0.15) is 25.3 Å². The van der Waals surface area contributed by atoms with Gasteiger partial charge in [0, 0.05) is 27.0 Å². The van der Waals surface area contributed by atoms with Gasteiger partial charge in [0.15, 0.2) is 0 Å². The molecular weight excluding hydrogens is 490 g/mol. The molecule has 164 valence electrons. The third-order valence-electron chi connectivity index (χ3n) is 5.83. The van der Waals surface area contributed by atoms with E-state index in [1.807, 2.05) is 0 Å². The Kier molecular flexibility index (Phi) is 6.51. The monoisotopic (exact) mass is 513 g/mol. The Morgan fingerprint density at radius 1 is 0.697 bits per heavy atom. The highest BCUT2D eigenvalue weighted by atomic mass is 79.9.